The number of hydrogen-bond donors (Lipinski definition) is 0. The van der Waals surface area contributed by atoms with Crippen LogP contribution < -0.4 is 0 Å². The molecule has 0 N–H and O–H groups in total. The predicted octanol–water partition coefficient (Wildman–Crippen LogP) is 4.72. The zero-order chi connectivity index (χ0) is 16.2. The van der Waals surface area contributed by atoms with Gasteiger partial charge in [-0.3, -0.25) is 4.79 Å². The predicted molar refractivity (Wildman–Crippen MR) is 89.8 cm³/mol. The molecule has 0 saturated heterocycles. The number of ether oxygens (including phenoxy) is 1. The SMILES string of the molecule is CCC(C(=O)OC(C)(C)C)(c1ccccc1)c1ccccc1. The fraction of sp³-hybridized carbons (Fsp3) is 0.350. The Hall–Kier alpha value is -2.09. The lowest BCUT2D eigenvalue weighted by Gasteiger charge is -2.34. The van der Waals surface area contributed by atoms with Crippen LogP contribution in [0.2, 0.25) is 0 Å². The maximum absolute atomic E-state index is 13.1. The summed E-state index contributed by atoms with van der Waals surface area (Å²) < 4.78 is 5.76. The molecule has 0 spiro atoms. The van der Waals surface area contributed by atoms with E-state index in [0.717, 1.165) is 11.1 Å². The average molecular weight is 296 g/mol. The topological polar surface area (TPSA) is 26.3 Å². The minimum absolute atomic E-state index is 0.195. The zero-order valence-electron chi connectivity index (χ0n) is 13.8. The van der Waals surface area contributed by atoms with Gasteiger partial charge in [-0.25, -0.2) is 0 Å². The fourth-order valence-corrected chi connectivity index (χ4v) is 2.77. The Bertz CT molecular complexity index is 570. The van der Waals surface area contributed by atoms with Crippen LogP contribution in [-0.2, 0) is 14.9 Å². The van der Waals surface area contributed by atoms with Crippen molar-refractivity contribution < 1.29 is 9.53 Å². The lowest BCUT2D eigenvalue weighted by molar-refractivity contribution is -0.160. The summed E-state index contributed by atoms with van der Waals surface area (Å²) >= 11 is 0. The molecule has 0 aliphatic heterocycles. The molecular formula is C20H24O2. The van der Waals surface area contributed by atoms with Crippen LogP contribution in [0.1, 0.15) is 45.2 Å². The van der Waals surface area contributed by atoms with Gasteiger partial charge in [-0.15, -0.1) is 0 Å². The first-order valence-corrected chi connectivity index (χ1v) is 7.74. The molecule has 0 unspecified atom stereocenters. The van der Waals surface area contributed by atoms with Crippen LogP contribution >= 0.6 is 0 Å². The summed E-state index contributed by atoms with van der Waals surface area (Å²) in [6.07, 6.45) is 0.649. The number of carbonyl (C=O) groups excluding carboxylic acids is 1. The molecule has 2 nitrogen and oxygen atoms in total. The highest BCUT2D eigenvalue weighted by molar-refractivity contribution is 5.88. The molecular weight excluding hydrogens is 272 g/mol. The smallest absolute Gasteiger partial charge is 0.321 e. The van der Waals surface area contributed by atoms with E-state index in [1.807, 2.05) is 88.4 Å². The summed E-state index contributed by atoms with van der Waals surface area (Å²) in [6, 6.07) is 19.8. The Morgan fingerprint density at radius 1 is 0.864 bits per heavy atom. The van der Waals surface area contributed by atoms with E-state index >= 15 is 0 Å². The van der Waals surface area contributed by atoms with E-state index in [4.69, 9.17) is 4.74 Å². The third-order valence-electron chi connectivity index (χ3n) is 3.81. The van der Waals surface area contributed by atoms with Crippen LogP contribution in [0.5, 0.6) is 0 Å². The van der Waals surface area contributed by atoms with Crippen LogP contribution in [0.25, 0.3) is 0 Å². The van der Waals surface area contributed by atoms with Crippen molar-refractivity contribution in [3.8, 4) is 0 Å². The normalized spacial score (nSPS) is 12.0. The van der Waals surface area contributed by atoms with Crippen LogP contribution in [0, 0.1) is 0 Å². The van der Waals surface area contributed by atoms with E-state index < -0.39 is 11.0 Å². The number of esters is 1. The molecule has 0 aliphatic carbocycles. The van der Waals surface area contributed by atoms with Crippen molar-refractivity contribution in [2.75, 3.05) is 0 Å². The van der Waals surface area contributed by atoms with Crippen LogP contribution in [-0.4, -0.2) is 11.6 Å². The van der Waals surface area contributed by atoms with Gasteiger partial charge in [-0.2, -0.15) is 0 Å². The highest BCUT2D eigenvalue weighted by atomic mass is 16.6. The molecule has 2 aromatic rings. The van der Waals surface area contributed by atoms with Crippen LogP contribution in [0.15, 0.2) is 60.7 Å². The molecule has 116 valence electrons. The van der Waals surface area contributed by atoms with Gasteiger partial charge in [0, 0.05) is 0 Å². The first kappa shape index (κ1) is 16.3. The maximum atomic E-state index is 13.1. The Morgan fingerprint density at radius 3 is 1.59 bits per heavy atom. The van der Waals surface area contributed by atoms with Gasteiger partial charge < -0.3 is 4.74 Å². The first-order valence-electron chi connectivity index (χ1n) is 7.74. The van der Waals surface area contributed by atoms with E-state index in [1.165, 1.54) is 0 Å². The van der Waals surface area contributed by atoms with E-state index in [0.29, 0.717) is 6.42 Å². The van der Waals surface area contributed by atoms with Crippen molar-refractivity contribution in [2.24, 2.45) is 0 Å². The van der Waals surface area contributed by atoms with Crippen molar-refractivity contribution in [1.29, 1.82) is 0 Å². The van der Waals surface area contributed by atoms with Gasteiger partial charge in [-0.1, -0.05) is 67.6 Å². The van der Waals surface area contributed by atoms with Crippen molar-refractivity contribution in [3.05, 3.63) is 71.8 Å². The molecule has 0 amide bonds. The third kappa shape index (κ3) is 3.22. The molecule has 0 aliphatic rings. The molecule has 22 heavy (non-hydrogen) atoms. The number of benzene rings is 2. The van der Waals surface area contributed by atoms with Crippen LogP contribution in [0.3, 0.4) is 0 Å². The van der Waals surface area contributed by atoms with Gasteiger partial charge in [0.15, 0.2) is 0 Å². The summed E-state index contributed by atoms with van der Waals surface area (Å²) in [7, 11) is 0. The summed E-state index contributed by atoms with van der Waals surface area (Å²) in [6.45, 7) is 7.74. The molecule has 2 aromatic carbocycles. The summed E-state index contributed by atoms with van der Waals surface area (Å²) in [5, 5.41) is 0. The van der Waals surface area contributed by atoms with Crippen molar-refractivity contribution in [1.82, 2.24) is 0 Å². The lowest BCUT2D eigenvalue weighted by atomic mass is 9.72. The molecule has 0 heterocycles. The molecule has 0 aromatic heterocycles. The second-order valence-corrected chi connectivity index (χ2v) is 6.49. The zero-order valence-corrected chi connectivity index (χ0v) is 13.8. The summed E-state index contributed by atoms with van der Waals surface area (Å²) in [4.78, 5) is 13.1. The molecule has 0 radical (unpaired) electrons. The second kappa shape index (κ2) is 6.35. The minimum atomic E-state index is -0.768. The van der Waals surface area contributed by atoms with Gasteiger partial charge in [0.2, 0.25) is 0 Å². The van der Waals surface area contributed by atoms with Gasteiger partial charge in [0.25, 0.3) is 0 Å². The summed E-state index contributed by atoms with van der Waals surface area (Å²) in [5.74, 6) is -0.195. The maximum Gasteiger partial charge on any atom is 0.321 e. The van der Waals surface area contributed by atoms with Gasteiger partial charge >= 0.3 is 5.97 Å². The molecule has 0 atom stereocenters. The number of rotatable bonds is 4. The molecule has 0 saturated carbocycles. The minimum Gasteiger partial charge on any atom is -0.459 e. The third-order valence-corrected chi connectivity index (χ3v) is 3.81. The highest BCUT2D eigenvalue weighted by Crippen LogP contribution is 2.38. The van der Waals surface area contributed by atoms with Crippen molar-refractivity contribution in [2.45, 2.75) is 45.1 Å². The van der Waals surface area contributed by atoms with E-state index in [1.54, 1.807) is 0 Å². The lowest BCUT2D eigenvalue weighted by Crippen LogP contribution is -2.41. The van der Waals surface area contributed by atoms with E-state index in [9.17, 15) is 4.79 Å². The van der Waals surface area contributed by atoms with Crippen molar-refractivity contribution >= 4 is 5.97 Å². The summed E-state index contributed by atoms with van der Waals surface area (Å²) in [5.41, 5.74) is 0.660. The average Bonchev–Trinajstić information content (AvgIpc) is 2.49. The Kier molecular flexibility index (Phi) is 4.70. The Morgan fingerprint density at radius 2 is 1.27 bits per heavy atom. The Balaban J connectivity index is 2.60. The Labute approximate surface area is 133 Å². The molecule has 0 bridgehead atoms. The van der Waals surface area contributed by atoms with Crippen LogP contribution in [0.4, 0.5) is 0 Å². The van der Waals surface area contributed by atoms with E-state index in [-0.39, 0.29) is 5.97 Å². The first-order chi connectivity index (χ1) is 10.4. The van der Waals surface area contributed by atoms with Gasteiger partial charge in [-0.05, 0) is 38.3 Å². The van der Waals surface area contributed by atoms with E-state index in [2.05, 4.69) is 0 Å². The molecule has 2 heteroatoms. The number of hydrogen-bond acceptors (Lipinski definition) is 2. The quantitative estimate of drug-likeness (QED) is 0.763. The van der Waals surface area contributed by atoms with Gasteiger partial charge in [0.05, 0.1) is 0 Å². The van der Waals surface area contributed by atoms with Crippen molar-refractivity contribution in [3.63, 3.8) is 0 Å². The van der Waals surface area contributed by atoms with Gasteiger partial charge in [0.1, 0.15) is 11.0 Å². The standard InChI is InChI=1S/C20H24O2/c1-5-20(16-12-8-6-9-13-16,17-14-10-7-11-15-17)18(21)22-19(2,3)4/h6-15H,5H2,1-4H3. The number of carbonyl (C=O) groups is 1. The molecule has 2 rings (SSSR count). The fourth-order valence-electron chi connectivity index (χ4n) is 2.77. The monoisotopic (exact) mass is 296 g/mol. The highest BCUT2D eigenvalue weighted by Gasteiger charge is 2.43. The second-order valence-electron chi connectivity index (χ2n) is 6.49. The largest absolute Gasteiger partial charge is 0.459 e. The molecule has 0 fully saturated rings.